The molecule has 0 saturated heterocycles. The third kappa shape index (κ3) is 7.19. The van der Waals surface area contributed by atoms with Crippen LogP contribution in [0.3, 0.4) is 0 Å². The quantitative estimate of drug-likeness (QED) is 0.356. The minimum atomic E-state index is 0.125. The van der Waals surface area contributed by atoms with Gasteiger partial charge in [-0.2, -0.15) is 0 Å². The molecule has 0 aliphatic carbocycles. The number of hydrogen-bond donors (Lipinski definition) is 0. The van der Waals surface area contributed by atoms with Crippen molar-refractivity contribution in [2.24, 2.45) is 0 Å². The lowest BCUT2D eigenvalue weighted by Gasteiger charge is -2.05. The van der Waals surface area contributed by atoms with Crippen LogP contribution in [0.25, 0.3) is 0 Å². The fraction of sp³-hybridized carbons (Fsp3) is 0.467. The van der Waals surface area contributed by atoms with Crippen molar-refractivity contribution in [3.05, 3.63) is 48.6 Å². The monoisotopic (exact) mass is 252 g/mol. The van der Waals surface area contributed by atoms with E-state index in [0.29, 0.717) is 6.61 Å². The summed E-state index contributed by atoms with van der Waals surface area (Å²) < 4.78 is 5.60. The van der Waals surface area contributed by atoms with Crippen LogP contribution in [0.15, 0.2) is 43.0 Å². The molecule has 1 aromatic rings. The van der Waals surface area contributed by atoms with Gasteiger partial charge in [0.25, 0.3) is 0 Å². The molecule has 0 saturated carbocycles. The summed E-state index contributed by atoms with van der Waals surface area (Å²) >= 11 is 5.94. The van der Waals surface area contributed by atoms with Gasteiger partial charge < -0.3 is 4.74 Å². The Bertz CT molecular complexity index is 297. The van der Waals surface area contributed by atoms with Crippen LogP contribution in [0.2, 0.25) is 0 Å². The van der Waals surface area contributed by atoms with Crippen molar-refractivity contribution in [3.8, 4) is 0 Å². The Morgan fingerprint density at radius 2 is 1.94 bits per heavy atom. The van der Waals surface area contributed by atoms with Gasteiger partial charge in [0.15, 0.2) is 0 Å². The number of allylic oxidation sites excluding steroid dienone is 1. The third-order valence-electron chi connectivity index (χ3n) is 2.64. The average Bonchev–Trinajstić information content (AvgIpc) is 2.38. The lowest BCUT2D eigenvalue weighted by atomic mass is 10.1. The van der Waals surface area contributed by atoms with Gasteiger partial charge >= 0.3 is 0 Å². The number of unbranched alkanes of at least 4 members (excludes halogenated alkanes) is 2. The largest absolute Gasteiger partial charge is 0.377 e. The molecular weight excluding hydrogens is 232 g/mol. The van der Waals surface area contributed by atoms with Gasteiger partial charge in [-0.25, -0.2) is 0 Å². The fourth-order valence-electron chi connectivity index (χ4n) is 1.60. The van der Waals surface area contributed by atoms with Crippen molar-refractivity contribution >= 4 is 11.6 Å². The van der Waals surface area contributed by atoms with E-state index < -0.39 is 0 Å². The Kier molecular flexibility index (Phi) is 7.78. The molecule has 0 aliphatic heterocycles. The molecule has 0 heterocycles. The maximum Gasteiger partial charge on any atom is 0.0716 e. The van der Waals surface area contributed by atoms with Gasteiger partial charge in [-0.15, -0.1) is 18.2 Å². The number of halogens is 1. The first-order valence-corrected chi connectivity index (χ1v) is 6.65. The lowest BCUT2D eigenvalue weighted by molar-refractivity contribution is 0.117. The second-order valence-electron chi connectivity index (χ2n) is 4.14. The van der Waals surface area contributed by atoms with E-state index in [9.17, 15) is 0 Å². The second-order valence-corrected chi connectivity index (χ2v) is 4.70. The minimum absolute atomic E-state index is 0.125. The number of rotatable bonds is 9. The van der Waals surface area contributed by atoms with E-state index in [1.165, 1.54) is 12.0 Å². The molecule has 0 aromatic heterocycles. The number of alkyl halides is 1. The highest BCUT2D eigenvalue weighted by Crippen LogP contribution is 2.10. The molecule has 1 unspecified atom stereocenters. The molecule has 0 bridgehead atoms. The molecule has 0 fully saturated rings. The molecule has 1 nitrogen and oxygen atoms in total. The second kappa shape index (κ2) is 9.26. The maximum atomic E-state index is 5.94. The van der Waals surface area contributed by atoms with E-state index in [1.54, 1.807) is 6.08 Å². The lowest BCUT2D eigenvalue weighted by Crippen LogP contribution is -1.97. The number of ether oxygens (including phenoxy) is 1. The smallest absolute Gasteiger partial charge is 0.0716 e. The summed E-state index contributed by atoms with van der Waals surface area (Å²) in [7, 11) is 0. The van der Waals surface area contributed by atoms with E-state index in [-0.39, 0.29) is 5.38 Å². The summed E-state index contributed by atoms with van der Waals surface area (Å²) in [5, 5.41) is 0.125. The van der Waals surface area contributed by atoms with E-state index in [2.05, 4.69) is 18.7 Å². The summed E-state index contributed by atoms with van der Waals surface area (Å²) in [5.41, 5.74) is 1.24. The van der Waals surface area contributed by atoms with E-state index in [0.717, 1.165) is 25.9 Å². The Hall–Kier alpha value is -0.790. The summed E-state index contributed by atoms with van der Waals surface area (Å²) in [6.07, 6.45) is 6.24. The van der Waals surface area contributed by atoms with Crippen molar-refractivity contribution in [1.29, 1.82) is 0 Å². The van der Waals surface area contributed by atoms with Gasteiger partial charge in [-0.05, 0) is 18.4 Å². The molecule has 1 atom stereocenters. The molecule has 0 spiro atoms. The van der Waals surface area contributed by atoms with Crippen molar-refractivity contribution in [1.82, 2.24) is 0 Å². The van der Waals surface area contributed by atoms with Crippen LogP contribution < -0.4 is 0 Å². The SMILES string of the molecule is C=CC(Cl)CCCCCOCc1ccccc1. The zero-order valence-electron chi connectivity index (χ0n) is 10.3. The Labute approximate surface area is 109 Å². The summed E-state index contributed by atoms with van der Waals surface area (Å²) in [4.78, 5) is 0. The molecule has 1 rings (SSSR count). The van der Waals surface area contributed by atoms with Gasteiger partial charge in [-0.1, -0.05) is 49.2 Å². The van der Waals surface area contributed by atoms with E-state index in [1.807, 2.05) is 18.2 Å². The van der Waals surface area contributed by atoms with E-state index in [4.69, 9.17) is 16.3 Å². The van der Waals surface area contributed by atoms with Crippen molar-refractivity contribution < 1.29 is 4.74 Å². The Morgan fingerprint density at radius 3 is 2.65 bits per heavy atom. The van der Waals surface area contributed by atoms with Crippen LogP contribution in [0.4, 0.5) is 0 Å². The van der Waals surface area contributed by atoms with Crippen molar-refractivity contribution in [2.45, 2.75) is 37.7 Å². The first-order chi connectivity index (χ1) is 8.33. The molecule has 0 N–H and O–H groups in total. The molecule has 1 aromatic carbocycles. The molecule has 0 radical (unpaired) electrons. The Morgan fingerprint density at radius 1 is 1.18 bits per heavy atom. The standard InChI is InChI=1S/C15H21ClO/c1-2-15(16)11-7-4-8-12-17-13-14-9-5-3-6-10-14/h2-3,5-6,9-10,15H,1,4,7-8,11-13H2. The van der Waals surface area contributed by atoms with Gasteiger partial charge in [0, 0.05) is 6.61 Å². The highest BCUT2D eigenvalue weighted by molar-refractivity contribution is 6.21. The van der Waals surface area contributed by atoms with Crippen LogP contribution in [-0.4, -0.2) is 12.0 Å². The topological polar surface area (TPSA) is 9.23 Å². The highest BCUT2D eigenvalue weighted by Gasteiger charge is 1.98. The van der Waals surface area contributed by atoms with Crippen LogP contribution in [-0.2, 0) is 11.3 Å². The number of benzene rings is 1. The molecule has 0 aliphatic rings. The summed E-state index contributed by atoms with van der Waals surface area (Å²) in [5.74, 6) is 0. The zero-order valence-corrected chi connectivity index (χ0v) is 11.0. The normalized spacial score (nSPS) is 12.3. The summed E-state index contributed by atoms with van der Waals surface area (Å²) in [6.45, 7) is 5.21. The molecule has 0 amide bonds. The van der Waals surface area contributed by atoms with Crippen LogP contribution >= 0.6 is 11.6 Å². The van der Waals surface area contributed by atoms with Crippen molar-refractivity contribution in [3.63, 3.8) is 0 Å². The predicted molar refractivity (Wildman–Crippen MR) is 74.4 cm³/mol. The molecule has 2 heteroatoms. The first-order valence-electron chi connectivity index (χ1n) is 6.21. The van der Waals surface area contributed by atoms with Gasteiger partial charge in [0.1, 0.15) is 0 Å². The molecule has 94 valence electrons. The van der Waals surface area contributed by atoms with Crippen LogP contribution in [0, 0.1) is 0 Å². The van der Waals surface area contributed by atoms with E-state index >= 15 is 0 Å². The van der Waals surface area contributed by atoms with Gasteiger partial charge in [0.05, 0.1) is 12.0 Å². The average molecular weight is 253 g/mol. The maximum absolute atomic E-state index is 5.94. The third-order valence-corrected chi connectivity index (χ3v) is 3.03. The predicted octanol–water partition coefficient (Wildman–Crippen LogP) is 4.56. The van der Waals surface area contributed by atoms with Crippen LogP contribution in [0.5, 0.6) is 0 Å². The molecular formula is C15H21ClO. The highest BCUT2D eigenvalue weighted by atomic mass is 35.5. The van der Waals surface area contributed by atoms with Crippen LogP contribution in [0.1, 0.15) is 31.2 Å². The van der Waals surface area contributed by atoms with Gasteiger partial charge in [0.2, 0.25) is 0 Å². The Balaban J connectivity index is 1.93. The molecule has 17 heavy (non-hydrogen) atoms. The number of hydrogen-bond acceptors (Lipinski definition) is 1. The van der Waals surface area contributed by atoms with Gasteiger partial charge in [-0.3, -0.25) is 0 Å². The van der Waals surface area contributed by atoms with Crippen molar-refractivity contribution in [2.75, 3.05) is 6.61 Å². The first kappa shape index (κ1) is 14.3. The minimum Gasteiger partial charge on any atom is -0.377 e. The zero-order chi connectivity index (χ0) is 12.3. The summed E-state index contributed by atoms with van der Waals surface area (Å²) in [6, 6.07) is 10.3. The fourth-order valence-corrected chi connectivity index (χ4v) is 1.76.